The molecular formula is C22H17NO. The van der Waals surface area contributed by atoms with Crippen molar-refractivity contribution in [3.05, 3.63) is 102 Å². The minimum atomic E-state index is 0.526. The molecule has 0 aliphatic heterocycles. The third-order valence-electron chi connectivity index (χ3n) is 3.62. The topological polar surface area (TPSA) is 33.0 Å². The van der Waals surface area contributed by atoms with Gasteiger partial charge in [-0.1, -0.05) is 72.8 Å². The summed E-state index contributed by atoms with van der Waals surface area (Å²) in [5.74, 6) is 0.790. The van der Waals surface area contributed by atoms with Crippen molar-refractivity contribution in [2.75, 3.05) is 0 Å². The molecule has 0 saturated carbocycles. The highest BCUT2D eigenvalue weighted by atomic mass is 16.5. The van der Waals surface area contributed by atoms with Crippen molar-refractivity contribution in [2.24, 2.45) is 0 Å². The molecule has 0 amide bonds. The third kappa shape index (κ3) is 4.12. The highest BCUT2D eigenvalue weighted by Gasteiger charge is 2.01. The lowest BCUT2D eigenvalue weighted by molar-refractivity contribution is 0.306. The first-order chi connectivity index (χ1) is 11.8. The van der Waals surface area contributed by atoms with Gasteiger partial charge in [0.25, 0.3) is 0 Å². The Kier molecular flexibility index (Phi) is 5.07. The summed E-state index contributed by atoms with van der Waals surface area (Å²) < 4.78 is 5.84. The van der Waals surface area contributed by atoms with E-state index < -0.39 is 0 Å². The second-order valence-electron chi connectivity index (χ2n) is 5.38. The molecule has 2 nitrogen and oxygen atoms in total. The number of hydrogen-bond donors (Lipinski definition) is 0. The average molecular weight is 311 g/mol. The van der Waals surface area contributed by atoms with Crippen molar-refractivity contribution in [3.8, 4) is 11.8 Å². The van der Waals surface area contributed by atoms with Crippen molar-refractivity contribution in [3.63, 3.8) is 0 Å². The predicted molar refractivity (Wildman–Crippen MR) is 97.1 cm³/mol. The van der Waals surface area contributed by atoms with E-state index in [2.05, 4.69) is 6.07 Å². The fourth-order valence-electron chi connectivity index (χ4n) is 2.40. The zero-order valence-corrected chi connectivity index (χ0v) is 13.2. The van der Waals surface area contributed by atoms with Crippen LogP contribution in [-0.2, 0) is 6.61 Å². The van der Waals surface area contributed by atoms with Gasteiger partial charge < -0.3 is 4.74 Å². The van der Waals surface area contributed by atoms with Gasteiger partial charge in [0.1, 0.15) is 12.4 Å². The molecule has 0 atom stereocenters. The van der Waals surface area contributed by atoms with E-state index in [9.17, 15) is 5.26 Å². The van der Waals surface area contributed by atoms with Crippen molar-refractivity contribution in [1.82, 2.24) is 0 Å². The van der Waals surface area contributed by atoms with Crippen molar-refractivity contribution in [1.29, 1.82) is 5.26 Å². The van der Waals surface area contributed by atoms with Gasteiger partial charge in [0.15, 0.2) is 0 Å². The van der Waals surface area contributed by atoms with Crippen LogP contribution in [0.25, 0.3) is 11.6 Å². The maximum atomic E-state index is 9.41. The third-order valence-corrected chi connectivity index (χ3v) is 3.62. The summed E-state index contributed by atoms with van der Waals surface area (Å²) in [6.45, 7) is 0.526. The summed E-state index contributed by atoms with van der Waals surface area (Å²) >= 11 is 0. The molecule has 2 heteroatoms. The maximum absolute atomic E-state index is 9.41. The van der Waals surface area contributed by atoms with Gasteiger partial charge in [-0.05, 0) is 34.9 Å². The first-order valence-electron chi connectivity index (χ1n) is 7.79. The van der Waals surface area contributed by atoms with Gasteiger partial charge in [-0.2, -0.15) is 5.26 Å². The lowest BCUT2D eigenvalue weighted by Gasteiger charge is -2.07. The van der Waals surface area contributed by atoms with Crippen LogP contribution in [0.15, 0.2) is 84.9 Å². The van der Waals surface area contributed by atoms with Crippen molar-refractivity contribution < 1.29 is 4.74 Å². The molecule has 0 spiro atoms. The van der Waals surface area contributed by atoms with Crippen LogP contribution in [0.4, 0.5) is 0 Å². The Morgan fingerprint density at radius 2 is 1.58 bits per heavy atom. The summed E-state index contributed by atoms with van der Waals surface area (Å²) in [5, 5.41) is 9.41. The Balaban J connectivity index is 1.77. The average Bonchev–Trinajstić information content (AvgIpc) is 2.66. The molecule has 0 heterocycles. The van der Waals surface area contributed by atoms with Gasteiger partial charge in [-0.3, -0.25) is 0 Å². The van der Waals surface area contributed by atoms with Crippen LogP contribution in [0.5, 0.6) is 5.75 Å². The van der Waals surface area contributed by atoms with E-state index >= 15 is 0 Å². The number of hydrogen-bond acceptors (Lipinski definition) is 2. The Morgan fingerprint density at radius 3 is 2.29 bits per heavy atom. The Labute approximate surface area is 142 Å². The summed E-state index contributed by atoms with van der Waals surface area (Å²) in [4.78, 5) is 0. The quantitative estimate of drug-likeness (QED) is 0.471. The molecule has 0 bridgehead atoms. The second kappa shape index (κ2) is 7.80. The SMILES string of the molecule is N#C/C(=C/c1cccc(OCc2ccccc2)c1)c1ccccc1. The molecule has 116 valence electrons. The normalized spacial score (nSPS) is 10.9. The van der Waals surface area contributed by atoms with E-state index in [0.717, 1.165) is 22.4 Å². The van der Waals surface area contributed by atoms with E-state index in [1.807, 2.05) is 91.0 Å². The molecular weight excluding hydrogens is 294 g/mol. The van der Waals surface area contributed by atoms with Crippen molar-refractivity contribution >= 4 is 11.6 Å². The fourth-order valence-corrected chi connectivity index (χ4v) is 2.40. The molecule has 3 rings (SSSR count). The number of benzene rings is 3. The molecule has 0 aliphatic carbocycles. The summed E-state index contributed by atoms with van der Waals surface area (Å²) in [5.41, 5.74) is 3.62. The van der Waals surface area contributed by atoms with Crippen LogP contribution < -0.4 is 4.74 Å². The monoisotopic (exact) mass is 311 g/mol. The van der Waals surface area contributed by atoms with Crippen LogP contribution in [0, 0.1) is 11.3 Å². The molecule has 0 radical (unpaired) electrons. The number of rotatable bonds is 5. The molecule has 0 fully saturated rings. The Morgan fingerprint density at radius 1 is 0.875 bits per heavy atom. The molecule has 0 saturated heterocycles. The first kappa shape index (κ1) is 15.6. The lowest BCUT2D eigenvalue weighted by atomic mass is 10.0. The zero-order valence-electron chi connectivity index (χ0n) is 13.2. The van der Waals surface area contributed by atoms with Gasteiger partial charge in [-0.15, -0.1) is 0 Å². The molecule has 3 aromatic rings. The van der Waals surface area contributed by atoms with Gasteiger partial charge in [0.05, 0.1) is 11.6 Å². The molecule has 3 aromatic carbocycles. The van der Waals surface area contributed by atoms with Crippen LogP contribution in [0.3, 0.4) is 0 Å². The number of nitriles is 1. The zero-order chi connectivity index (χ0) is 16.6. The second-order valence-corrected chi connectivity index (χ2v) is 5.38. The lowest BCUT2D eigenvalue weighted by Crippen LogP contribution is -1.95. The van der Waals surface area contributed by atoms with Crippen LogP contribution in [0.1, 0.15) is 16.7 Å². The largest absolute Gasteiger partial charge is 0.489 e. The fraction of sp³-hybridized carbons (Fsp3) is 0.0455. The molecule has 0 aliphatic rings. The molecule has 0 N–H and O–H groups in total. The highest BCUT2D eigenvalue weighted by molar-refractivity contribution is 5.89. The predicted octanol–water partition coefficient (Wildman–Crippen LogP) is 5.33. The van der Waals surface area contributed by atoms with Gasteiger partial charge in [-0.25, -0.2) is 0 Å². The minimum absolute atomic E-state index is 0.526. The molecule has 0 unspecified atom stereocenters. The van der Waals surface area contributed by atoms with Crippen LogP contribution in [0.2, 0.25) is 0 Å². The Hall–Kier alpha value is -3.31. The van der Waals surface area contributed by atoms with Crippen molar-refractivity contribution in [2.45, 2.75) is 6.61 Å². The van der Waals surface area contributed by atoms with E-state index in [1.165, 1.54) is 0 Å². The van der Waals surface area contributed by atoms with Crippen LogP contribution in [-0.4, -0.2) is 0 Å². The van der Waals surface area contributed by atoms with E-state index in [1.54, 1.807) is 0 Å². The number of allylic oxidation sites excluding steroid dienone is 1. The number of nitrogens with zero attached hydrogens (tertiary/aromatic N) is 1. The smallest absolute Gasteiger partial charge is 0.120 e. The summed E-state index contributed by atoms with van der Waals surface area (Å²) in [6.07, 6.45) is 1.88. The van der Waals surface area contributed by atoms with E-state index in [-0.39, 0.29) is 0 Å². The minimum Gasteiger partial charge on any atom is -0.489 e. The van der Waals surface area contributed by atoms with Gasteiger partial charge in [0.2, 0.25) is 0 Å². The first-order valence-corrected chi connectivity index (χ1v) is 7.79. The van der Waals surface area contributed by atoms with Gasteiger partial charge in [0, 0.05) is 0 Å². The molecule has 24 heavy (non-hydrogen) atoms. The maximum Gasteiger partial charge on any atom is 0.120 e. The summed E-state index contributed by atoms with van der Waals surface area (Å²) in [7, 11) is 0. The van der Waals surface area contributed by atoms with Gasteiger partial charge >= 0.3 is 0 Å². The van der Waals surface area contributed by atoms with Crippen LogP contribution >= 0.6 is 0 Å². The summed E-state index contributed by atoms with van der Waals surface area (Å²) in [6, 6.07) is 29.8. The molecule has 0 aromatic heterocycles. The number of ether oxygens (including phenoxy) is 1. The Bertz CT molecular complexity index is 861. The van der Waals surface area contributed by atoms with E-state index in [0.29, 0.717) is 12.2 Å². The van der Waals surface area contributed by atoms with E-state index in [4.69, 9.17) is 4.74 Å². The highest BCUT2D eigenvalue weighted by Crippen LogP contribution is 2.21. The standard InChI is InChI=1S/C22H17NO/c23-16-21(20-11-5-2-6-12-20)14-19-10-7-13-22(15-19)24-17-18-8-3-1-4-9-18/h1-15H,17H2/b21-14-.